The van der Waals surface area contributed by atoms with Crippen LogP contribution in [0, 0.1) is 5.92 Å². The van der Waals surface area contributed by atoms with E-state index in [4.69, 9.17) is 10.8 Å². The molecule has 0 spiro atoms. The third kappa shape index (κ3) is 8.08. The Morgan fingerprint density at radius 2 is 1.72 bits per heavy atom. The van der Waals surface area contributed by atoms with Gasteiger partial charge in [0.15, 0.2) is 6.04 Å². The highest BCUT2D eigenvalue weighted by Crippen LogP contribution is 2.20. The minimum absolute atomic E-state index is 0.0216. The van der Waals surface area contributed by atoms with Gasteiger partial charge in [-0.05, 0) is 38.5 Å². The van der Waals surface area contributed by atoms with Gasteiger partial charge in [-0.2, -0.15) is 0 Å². The number of carbonyl (C=O) groups is 5. The minimum atomic E-state index is -1.54. The number of carboxylic acid groups (broad SMARTS) is 2. The molecule has 3 amide bonds. The van der Waals surface area contributed by atoms with E-state index in [0.717, 1.165) is 0 Å². The van der Waals surface area contributed by atoms with Crippen LogP contribution >= 0.6 is 0 Å². The average Bonchev–Trinajstić information content (AvgIpc) is 3.17. The third-order valence-corrected chi connectivity index (χ3v) is 5.21. The second-order valence-corrected chi connectivity index (χ2v) is 8.48. The monoisotopic (exact) mass is 458 g/mol. The lowest BCUT2D eigenvalue weighted by Crippen LogP contribution is -2.58. The van der Waals surface area contributed by atoms with Crippen LogP contribution in [0.4, 0.5) is 0 Å². The number of rotatable bonds is 12. The van der Waals surface area contributed by atoms with Crippen molar-refractivity contribution in [3.63, 3.8) is 0 Å². The van der Waals surface area contributed by atoms with E-state index < -0.39 is 59.9 Å². The van der Waals surface area contributed by atoms with E-state index in [-0.39, 0.29) is 31.7 Å². The van der Waals surface area contributed by atoms with Crippen LogP contribution in [0.3, 0.4) is 0 Å². The average molecular weight is 459 g/mol. The molecule has 32 heavy (non-hydrogen) atoms. The highest BCUT2D eigenvalue weighted by molar-refractivity contribution is 5.94. The summed E-state index contributed by atoms with van der Waals surface area (Å²) < 4.78 is 0. The Labute approximate surface area is 186 Å². The van der Waals surface area contributed by atoms with Gasteiger partial charge >= 0.3 is 11.9 Å². The third-order valence-electron chi connectivity index (χ3n) is 5.21. The lowest BCUT2D eigenvalue weighted by molar-refractivity contribution is -0.145. The van der Waals surface area contributed by atoms with E-state index in [1.807, 2.05) is 13.8 Å². The molecule has 1 aliphatic rings. The zero-order valence-corrected chi connectivity index (χ0v) is 18.6. The highest BCUT2D eigenvalue weighted by atomic mass is 16.4. The molecule has 0 aromatic heterocycles. The van der Waals surface area contributed by atoms with Gasteiger partial charge in [0.05, 0.1) is 12.1 Å². The van der Waals surface area contributed by atoms with Crippen LogP contribution in [0.2, 0.25) is 0 Å². The van der Waals surface area contributed by atoms with E-state index >= 15 is 0 Å². The van der Waals surface area contributed by atoms with Crippen molar-refractivity contribution in [2.24, 2.45) is 11.7 Å². The molecule has 12 heteroatoms. The number of aliphatic carboxylic acids is 2. The molecular weight excluding hydrogens is 424 g/mol. The molecule has 12 nitrogen and oxygen atoms in total. The number of aliphatic hydroxyl groups excluding tert-OH is 1. The summed E-state index contributed by atoms with van der Waals surface area (Å²) in [5, 5.41) is 32.4. The largest absolute Gasteiger partial charge is 0.481 e. The van der Waals surface area contributed by atoms with Gasteiger partial charge in [-0.15, -0.1) is 0 Å². The van der Waals surface area contributed by atoms with Crippen molar-refractivity contribution in [1.82, 2.24) is 15.5 Å². The minimum Gasteiger partial charge on any atom is -0.481 e. The number of aliphatic hydroxyl groups is 1. The van der Waals surface area contributed by atoms with E-state index in [2.05, 4.69) is 10.6 Å². The Balaban J connectivity index is 2.89. The molecule has 1 rings (SSSR count). The summed E-state index contributed by atoms with van der Waals surface area (Å²) in [6.07, 6.45) is -0.579. The summed E-state index contributed by atoms with van der Waals surface area (Å²) in [6.45, 7) is 5.15. The molecular formula is C20H34N4O8. The summed E-state index contributed by atoms with van der Waals surface area (Å²) in [7, 11) is 0. The van der Waals surface area contributed by atoms with E-state index in [1.165, 1.54) is 11.8 Å². The molecule has 0 bridgehead atoms. The van der Waals surface area contributed by atoms with Crippen molar-refractivity contribution in [2.45, 2.75) is 83.1 Å². The number of hydrogen-bond acceptors (Lipinski definition) is 7. The first kappa shape index (κ1) is 27.3. The van der Waals surface area contributed by atoms with Crippen molar-refractivity contribution in [3.05, 3.63) is 0 Å². The summed E-state index contributed by atoms with van der Waals surface area (Å²) in [5.41, 5.74) is 5.80. The van der Waals surface area contributed by atoms with Gasteiger partial charge in [0, 0.05) is 13.0 Å². The Morgan fingerprint density at radius 3 is 2.22 bits per heavy atom. The maximum atomic E-state index is 12.9. The van der Waals surface area contributed by atoms with Crippen LogP contribution in [0.25, 0.3) is 0 Å². The highest BCUT2D eigenvalue weighted by Gasteiger charge is 2.38. The Kier molecular flexibility index (Phi) is 10.5. The van der Waals surface area contributed by atoms with E-state index in [9.17, 15) is 34.2 Å². The first-order valence-corrected chi connectivity index (χ1v) is 10.6. The number of nitrogens with zero attached hydrogens (tertiary/aromatic N) is 1. The number of hydrogen-bond donors (Lipinski definition) is 6. The van der Waals surface area contributed by atoms with Gasteiger partial charge in [0.1, 0.15) is 12.1 Å². The Morgan fingerprint density at radius 1 is 1.09 bits per heavy atom. The zero-order chi connectivity index (χ0) is 24.6. The molecule has 0 aromatic rings. The molecule has 5 atom stereocenters. The van der Waals surface area contributed by atoms with Crippen LogP contribution < -0.4 is 16.4 Å². The van der Waals surface area contributed by atoms with Crippen molar-refractivity contribution in [3.8, 4) is 0 Å². The second kappa shape index (κ2) is 12.3. The molecule has 0 aliphatic carbocycles. The first-order valence-electron chi connectivity index (χ1n) is 10.6. The summed E-state index contributed by atoms with van der Waals surface area (Å²) in [4.78, 5) is 61.5. The quantitative estimate of drug-likeness (QED) is 0.204. The molecule has 1 heterocycles. The SMILES string of the molecule is CC(C)CC(NC(=O)C1CCCN1C(=O)C(N)CCC(=O)O)C(=O)NC(C(=O)O)C(C)O. The van der Waals surface area contributed by atoms with Crippen molar-refractivity contribution >= 4 is 29.7 Å². The fourth-order valence-electron chi connectivity index (χ4n) is 3.53. The summed E-state index contributed by atoms with van der Waals surface area (Å²) in [6, 6.07) is -4.53. The first-order chi connectivity index (χ1) is 14.8. The van der Waals surface area contributed by atoms with Gasteiger partial charge in [0.2, 0.25) is 17.7 Å². The lowest BCUT2D eigenvalue weighted by Gasteiger charge is -2.29. The molecule has 1 saturated heterocycles. The predicted octanol–water partition coefficient (Wildman–Crippen LogP) is -1.35. The lowest BCUT2D eigenvalue weighted by atomic mass is 10.0. The van der Waals surface area contributed by atoms with Gasteiger partial charge < -0.3 is 36.6 Å². The molecule has 7 N–H and O–H groups in total. The number of nitrogens with two attached hydrogens (primary N) is 1. The van der Waals surface area contributed by atoms with Crippen molar-refractivity contribution in [1.29, 1.82) is 0 Å². The number of carbonyl (C=O) groups excluding carboxylic acids is 3. The van der Waals surface area contributed by atoms with Gasteiger partial charge in [0.25, 0.3) is 0 Å². The zero-order valence-electron chi connectivity index (χ0n) is 18.6. The summed E-state index contributed by atoms with van der Waals surface area (Å²) in [5.74, 6) is -4.38. The number of likely N-dealkylation sites (tertiary alicyclic amines) is 1. The molecule has 182 valence electrons. The molecule has 0 aromatic carbocycles. The fourth-order valence-corrected chi connectivity index (χ4v) is 3.53. The van der Waals surface area contributed by atoms with Crippen molar-refractivity contribution < 1.29 is 39.3 Å². The maximum absolute atomic E-state index is 12.9. The van der Waals surface area contributed by atoms with Gasteiger partial charge in [-0.1, -0.05) is 13.8 Å². The number of carboxylic acids is 2. The number of amides is 3. The normalized spacial score (nSPS) is 19.7. The van der Waals surface area contributed by atoms with E-state index in [0.29, 0.717) is 12.8 Å². The molecule has 1 aliphatic heterocycles. The van der Waals surface area contributed by atoms with Crippen molar-refractivity contribution in [2.75, 3.05) is 6.54 Å². The van der Waals surface area contributed by atoms with E-state index in [1.54, 1.807) is 0 Å². The molecule has 1 fully saturated rings. The van der Waals surface area contributed by atoms with Gasteiger partial charge in [-0.25, -0.2) is 4.79 Å². The molecule has 0 radical (unpaired) electrons. The van der Waals surface area contributed by atoms with Crippen LogP contribution in [0.1, 0.15) is 52.9 Å². The van der Waals surface area contributed by atoms with Crippen LogP contribution in [-0.2, 0) is 24.0 Å². The summed E-state index contributed by atoms with van der Waals surface area (Å²) >= 11 is 0. The fraction of sp³-hybridized carbons (Fsp3) is 0.750. The smallest absolute Gasteiger partial charge is 0.328 e. The van der Waals surface area contributed by atoms with Crippen LogP contribution in [0.5, 0.6) is 0 Å². The topological polar surface area (TPSA) is 199 Å². The maximum Gasteiger partial charge on any atom is 0.328 e. The Bertz CT molecular complexity index is 712. The van der Waals surface area contributed by atoms with Crippen LogP contribution in [-0.4, -0.2) is 86.7 Å². The number of nitrogens with one attached hydrogen (secondary N) is 2. The molecule has 5 unspecified atom stereocenters. The predicted molar refractivity (Wildman–Crippen MR) is 112 cm³/mol. The standard InChI is InChI=1S/C20H34N4O8/c1-10(2)9-13(17(28)23-16(11(3)25)20(31)32)22-18(29)14-5-4-8-24(14)19(30)12(21)6-7-15(26)27/h10-14,16,25H,4-9,21H2,1-3H3,(H,22,29)(H,23,28)(H,26,27)(H,31,32). The molecule has 0 saturated carbocycles. The van der Waals surface area contributed by atoms with Gasteiger partial charge in [-0.3, -0.25) is 19.2 Å². The van der Waals surface area contributed by atoms with Crippen LogP contribution in [0.15, 0.2) is 0 Å². The Hall–Kier alpha value is -2.73. The second-order valence-electron chi connectivity index (χ2n) is 8.48.